The van der Waals surface area contributed by atoms with Crippen molar-refractivity contribution in [2.75, 3.05) is 26.2 Å². The summed E-state index contributed by atoms with van der Waals surface area (Å²) in [5.41, 5.74) is 0. The van der Waals surface area contributed by atoms with Gasteiger partial charge < -0.3 is 15.4 Å². The summed E-state index contributed by atoms with van der Waals surface area (Å²) in [5.74, 6) is 0. The van der Waals surface area contributed by atoms with E-state index >= 15 is 0 Å². The predicted octanol–water partition coefficient (Wildman–Crippen LogP) is 1.68. The molecule has 2 heterocycles. The number of hydrogen-bond acceptors (Lipinski definition) is 3. The van der Waals surface area contributed by atoms with Crippen molar-refractivity contribution in [3.8, 4) is 0 Å². The minimum Gasteiger partial charge on any atom is -0.377 e. The van der Waals surface area contributed by atoms with Crippen molar-refractivity contribution in [1.29, 1.82) is 0 Å². The molecule has 0 aromatic carbocycles. The van der Waals surface area contributed by atoms with Crippen LogP contribution in [0.5, 0.6) is 0 Å². The van der Waals surface area contributed by atoms with Crippen molar-refractivity contribution in [2.45, 2.75) is 57.1 Å². The maximum Gasteiger partial charge on any atom is 0.0699 e. The highest BCUT2D eigenvalue weighted by atomic mass is 16.5. The van der Waals surface area contributed by atoms with Gasteiger partial charge in [-0.1, -0.05) is 12.8 Å². The summed E-state index contributed by atoms with van der Waals surface area (Å²) in [6.07, 6.45) is 9.77. The molecule has 2 N–H and O–H groups in total. The largest absolute Gasteiger partial charge is 0.377 e. The summed E-state index contributed by atoms with van der Waals surface area (Å²) in [6.45, 7) is 4.32. The molecule has 0 radical (unpaired) electrons. The van der Waals surface area contributed by atoms with Crippen molar-refractivity contribution >= 4 is 0 Å². The summed E-state index contributed by atoms with van der Waals surface area (Å²) in [5, 5.41) is 7.18. The quantitative estimate of drug-likeness (QED) is 0.765. The zero-order valence-corrected chi connectivity index (χ0v) is 10.3. The highest BCUT2D eigenvalue weighted by molar-refractivity contribution is 4.74. The van der Waals surface area contributed by atoms with Crippen LogP contribution in [0.1, 0.15) is 44.9 Å². The SMILES string of the molecule is C1CCNC(CNCC2CCCCO2)CC1. The standard InChI is InChI=1S/C13H26N2O/c1-2-6-12(15-8-4-1)10-14-11-13-7-3-5-9-16-13/h12-15H,1-11H2. The predicted molar refractivity (Wildman–Crippen MR) is 66.7 cm³/mol. The van der Waals surface area contributed by atoms with E-state index in [4.69, 9.17) is 4.74 Å². The van der Waals surface area contributed by atoms with Gasteiger partial charge in [0.15, 0.2) is 0 Å². The lowest BCUT2D eigenvalue weighted by Crippen LogP contribution is -2.41. The van der Waals surface area contributed by atoms with Crippen molar-refractivity contribution < 1.29 is 4.74 Å². The van der Waals surface area contributed by atoms with E-state index in [0.717, 1.165) is 19.7 Å². The number of rotatable bonds is 4. The molecule has 2 saturated heterocycles. The molecule has 2 unspecified atom stereocenters. The van der Waals surface area contributed by atoms with Crippen molar-refractivity contribution in [3.63, 3.8) is 0 Å². The second kappa shape index (κ2) is 7.25. The van der Waals surface area contributed by atoms with Crippen LogP contribution in [0.4, 0.5) is 0 Å². The average Bonchev–Trinajstić information content (AvgIpc) is 2.59. The Bertz CT molecular complexity index is 173. The Hall–Kier alpha value is -0.120. The lowest BCUT2D eigenvalue weighted by atomic mass is 10.1. The maximum atomic E-state index is 5.71. The third-order valence-electron chi connectivity index (χ3n) is 3.70. The zero-order valence-electron chi connectivity index (χ0n) is 10.3. The number of hydrogen-bond donors (Lipinski definition) is 2. The fourth-order valence-electron chi connectivity index (χ4n) is 2.66. The molecule has 0 saturated carbocycles. The van der Waals surface area contributed by atoms with E-state index in [1.54, 1.807) is 0 Å². The molecule has 94 valence electrons. The van der Waals surface area contributed by atoms with E-state index in [1.807, 2.05) is 0 Å². The van der Waals surface area contributed by atoms with Crippen molar-refractivity contribution in [3.05, 3.63) is 0 Å². The smallest absolute Gasteiger partial charge is 0.0699 e. The van der Waals surface area contributed by atoms with E-state index in [-0.39, 0.29) is 0 Å². The van der Waals surface area contributed by atoms with Gasteiger partial charge in [0.25, 0.3) is 0 Å². The first-order chi connectivity index (χ1) is 7.95. The van der Waals surface area contributed by atoms with Gasteiger partial charge in [-0.25, -0.2) is 0 Å². The molecule has 2 aliphatic heterocycles. The van der Waals surface area contributed by atoms with Crippen LogP contribution in [-0.2, 0) is 4.74 Å². The van der Waals surface area contributed by atoms with Gasteiger partial charge in [0.1, 0.15) is 0 Å². The molecule has 3 nitrogen and oxygen atoms in total. The molecule has 2 atom stereocenters. The first-order valence-electron chi connectivity index (χ1n) is 7.01. The minimum atomic E-state index is 0.472. The molecular weight excluding hydrogens is 200 g/mol. The van der Waals surface area contributed by atoms with Gasteiger partial charge in [-0.15, -0.1) is 0 Å². The Balaban J connectivity index is 1.55. The molecule has 0 bridgehead atoms. The van der Waals surface area contributed by atoms with Gasteiger partial charge in [0.2, 0.25) is 0 Å². The lowest BCUT2D eigenvalue weighted by molar-refractivity contribution is 0.0167. The zero-order chi connectivity index (χ0) is 11.1. The number of ether oxygens (including phenoxy) is 1. The highest BCUT2D eigenvalue weighted by Crippen LogP contribution is 2.12. The minimum absolute atomic E-state index is 0.472. The van der Waals surface area contributed by atoms with Crippen LogP contribution in [-0.4, -0.2) is 38.4 Å². The van der Waals surface area contributed by atoms with Crippen LogP contribution in [0.3, 0.4) is 0 Å². The summed E-state index contributed by atoms with van der Waals surface area (Å²) in [6, 6.07) is 0.686. The second-order valence-corrected chi connectivity index (χ2v) is 5.15. The molecule has 0 aromatic rings. The fourth-order valence-corrected chi connectivity index (χ4v) is 2.66. The summed E-state index contributed by atoms with van der Waals surface area (Å²) in [7, 11) is 0. The summed E-state index contributed by atoms with van der Waals surface area (Å²) < 4.78 is 5.71. The summed E-state index contributed by atoms with van der Waals surface area (Å²) >= 11 is 0. The first kappa shape index (κ1) is 12.3. The summed E-state index contributed by atoms with van der Waals surface area (Å²) in [4.78, 5) is 0. The highest BCUT2D eigenvalue weighted by Gasteiger charge is 2.15. The number of nitrogens with one attached hydrogen (secondary N) is 2. The van der Waals surface area contributed by atoms with Gasteiger partial charge in [-0.3, -0.25) is 0 Å². The average molecular weight is 226 g/mol. The molecule has 0 aliphatic carbocycles. The topological polar surface area (TPSA) is 33.3 Å². The molecule has 0 spiro atoms. The molecule has 2 aliphatic rings. The van der Waals surface area contributed by atoms with Gasteiger partial charge >= 0.3 is 0 Å². The lowest BCUT2D eigenvalue weighted by Gasteiger charge is -2.24. The molecule has 2 rings (SSSR count). The second-order valence-electron chi connectivity index (χ2n) is 5.15. The molecule has 0 aromatic heterocycles. The van der Waals surface area contributed by atoms with Crippen LogP contribution in [0.25, 0.3) is 0 Å². The molecule has 3 heteroatoms. The fraction of sp³-hybridized carbons (Fsp3) is 1.00. The van der Waals surface area contributed by atoms with Crippen molar-refractivity contribution in [2.24, 2.45) is 0 Å². The molecule has 16 heavy (non-hydrogen) atoms. The maximum absolute atomic E-state index is 5.71. The van der Waals surface area contributed by atoms with E-state index < -0.39 is 0 Å². The van der Waals surface area contributed by atoms with Gasteiger partial charge in [0, 0.05) is 25.7 Å². The van der Waals surface area contributed by atoms with E-state index in [1.165, 1.54) is 51.5 Å². The Kier molecular flexibility index (Phi) is 5.59. The molecule has 2 fully saturated rings. The normalized spacial score (nSPS) is 32.2. The Morgan fingerprint density at radius 3 is 2.81 bits per heavy atom. The third-order valence-corrected chi connectivity index (χ3v) is 3.70. The van der Waals surface area contributed by atoms with Crippen LogP contribution in [0.15, 0.2) is 0 Å². The monoisotopic (exact) mass is 226 g/mol. The van der Waals surface area contributed by atoms with Gasteiger partial charge in [0.05, 0.1) is 6.10 Å². The third kappa shape index (κ3) is 4.40. The molecular formula is C13H26N2O. The van der Waals surface area contributed by atoms with Gasteiger partial charge in [-0.2, -0.15) is 0 Å². The van der Waals surface area contributed by atoms with E-state index in [2.05, 4.69) is 10.6 Å². The first-order valence-corrected chi connectivity index (χ1v) is 7.01. The van der Waals surface area contributed by atoms with Crippen molar-refractivity contribution in [1.82, 2.24) is 10.6 Å². The Labute approximate surface area is 99.3 Å². The Morgan fingerprint density at radius 1 is 1.00 bits per heavy atom. The van der Waals surface area contributed by atoms with Gasteiger partial charge in [-0.05, 0) is 38.6 Å². The van der Waals surface area contributed by atoms with Crippen LogP contribution >= 0.6 is 0 Å². The van der Waals surface area contributed by atoms with E-state index in [9.17, 15) is 0 Å². The van der Waals surface area contributed by atoms with Crippen LogP contribution in [0, 0.1) is 0 Å². The van der Waals surface area contributed by atoms with Crippen LogP contribution < -0.4 is 10.6 Å². The van der Waals surface area contributed by atoms with Crippen LogP contribution in [0.2, 0.25) is 0 Å². The van der Waals surface area contributed by atoms with E-state index in [0.29, 0.717) is 12.1 Å². The Morgan fingerprint density at radius 2 is 1.94 bits per heavy atom. The molecule has 0 amide bonds.